The first-order valence-electron chi connectivity index (χ1n) is 7.11. The summed E-state index contributed by atoms with van der Waals surface area (Å²) in [5, 5.41) is 3.43. The van der Waals surface area contributed by atoms with Gasteiger partial charge in [0.15, 0.2) is 0 Å². The second-order valence-corrected chi connectivity index (χ2v) is 5.82. The average molecular weight is 262 g/mol. The lowest BCUT2D eigenvalue weighted by atomic mass is 10.0. The van der Waals surface area contributed by atoms with Crippen molar-refractivity contribution in [2.45, 2.75) is 31.8 Å². The molecular weight excluding hydrogens is 240 g/mol. The number of morpholine rings is 1. The quantitative estimate of drug-likeness (QED) is 0.867. The molecule has 1 atom stereocenters. The Labute approximate surface area is 114 Å². The maximum atomic E-state index is 6.00. The maximum Gasteiger partial charge on any atom is 0.225 e. The topological polar surface area (TPSA) is 50.3 Å². The molecule has 0 amide bonds. The third-order valence-electron chi connectivity index (χ3n) is 3.99. The standard InChI is InChI=1S/C14H22N4O/c1-11(2)12-3-5-16-13(17-12)18-7-4-14(10-18)9-15-6-8-19-14/h3,5,11,15H,4,6-10H2,1-2H3. The summed E-state index contributed by atoms with van der Waals surface area (Å²) in [7, 11) is 0. The van der Waals surface area contributed by atoms with Gasteiger partial charge >= 0.3 is 0 Å². The van der Waals surface area contributed by atoms with Gasteiger partial charge in [-0.1, -0.05) is 13.8 Å². The van der Waals surface area contributed by atoms with E-state index in [0.29, 0.717) is 5.92 Å². The zero-order valence-electron chi connectivity index (χ0n) is 11.7. The van der Waals surface area contributed by atoms with Crippen LogP contribution in [0.2, 0.25) is 0 Å². The molecule has 0 aromatic carbocycles. The van der Waals surface area contributed by atoms with Crippen LogP contribution in [0.25, 0.3) is 0 Å². The molecule has 1 aromatic heterocycles. The largest absolute Gasteiger partial charge is 0.370 e. The minimum Gasteiger partial charge on any atom is -0.370 e. The molecule has 5 heteroatoms. The van der Waals surface area contributed by atoms with Crippen LogP contribution in [0, 0.1) is 0 Å². The van der Waals surface area contributed by atoms with E-state index in [0.717, 1.165) is 50.8 Å². The van der Waals surface area contributed by atoms with Crippen molar-refractivity contribution in [1.29, 1.82) is 0 Å². The molecule has 104 valence electrons. The van der Waals surface area contributed by atoms with E-state index >= 15 is 0 Å². The van der Waals surface area contributed by atoms with Crippen LogP contribution in [0.15, 0.2) is 12.3 Å². The first-order chi connectivity index (χ1) is 9.19. The molecule has 0 aliphatic carbocycles. The van der Waals surface area contributed by atoms with E-state index in [9.17, 15) is 0 Å². The highest BCUT2D eigenvalue weighted by atomic mass is 16.5. The van der Waals surface area contributed by atoms with Crippen molar-refractivity contribution >= 4 is 5.95 Å². The minimum absolute atomic E-state index is 0.0323. The van der Waals surface area contributed by atoms with Gasteiger partial charge in [-0.05, 0) is 18.4 Å². The van der Waals surface area contributed by atoms with Gasteiger partial charge in [0, 0.05) is 31.5 Å². The molecular formula is C14H22N4O. The zero-order valence-corrected chi connectivity index (χ0v) is 11.7. The van der Waals surface area contributed by atoms with Gasteiger partial charge in [-0.15, -0.1) is 0 Å². The predicted molar refractivity (Wildman–Crippen MR) is 74.5 cm³/mol. The van der Waals surface area contributed by atoms with Crippen LogP contribution in [-0.2, 0) is 4.74 Å². The Morgan fingerprint density at radius 2 is 2.37 bits per heavy atom. The van der Waals surface area contributed by atoms with E-state index < -0.39 is 0 Å². The highest BCUT2D eigenvalue weighted by Gasteiger charge is 2.41. The summed E-state index contributed by atoms with van der Waals surface area (Å²) in [6, 6.07) is 2.00. The second-order valence-electron chi connectivity index (χ2n) is 5.82. The number of anilines is 1. The molecule has 0 saturated carbocycles. The van der Waals surface area contributed by atoms with Crippen LogP contribution in [0.1, 0.15) is 31.9 Å². The van der Waals surface area contributed by atoms with Crippen molar-refractivity contribution in [3.05, 3.63) is 18.0 Å². The molecule has 1 N–H and O–H groups in total. The molecule has 1 spiro atoms. The summed E-state index contributed by atoms with van der Waals surface area (Å²) in [5.74, 6) is 1.28. The van der Waals surface area contributed by atoms with Crippen LogP contribution >= 0.6 is 0 Å². The Morgan fingerprint density at radius 3 is 3.11 bits per heavy atom. The van der Waals surface area contributed by atoms with E-state index in [1.165, 1.54) is 0 Å². The Hall–Kier alpha value is -1.20. The molecule has 1 aromatic rings. The van der Waals surface area contributed by atoms with Crippen molar-refractivity contribution in [2.75, 3.05) is 37.7 Å². The number of aromatic nitrogens is 2. The zero-order chi connectivity index (χ0) is 13.3. The Kier molecular flexibility index (Phi) is 3.41. The van der Waals surface area contributed by atoms with Crippen LogP contribution < -0.4 is 10.2 Å². The highest BCUT2D eigenvalue weighted by molar-refractivity contribution is 5.34. The fourth-order valence-corrected chi connectivity index (χ4v) is 2.82. The van der Waals surface area contributed by atoms with Gasteiger partial charge in [-0.2, -0.15) is 0 Å². The molecule has 5 nitrogen and oxygen atoms in total. The number of nitrogens with one attached hydrogen (secondary N) is 1. The lowest BCUT2D eigenvalue weighted by Gasteiger charge is -2.34. The molecule has 1 unspecified atom stereocenters. The lowest BCUT2D eigenvalue weighted by molar-refractivity contribution is -0.0496. The summed E-state index contributed by atoms with van der Waals surface area (Å²) >= 11 is 0. The van der Waals surface area contributed by atoms with Crippen LogP contribution in [-0.4, -0.2) is 48.4 Å². The first kappa shape index (κ1) is 12.8. The summed E-state index contributed by atoms with van der Waals surface area (Å²) in [4.78, 5) is 11.3. The Bertz CT molecular complexity index is 443. The molecule has 3 heterocycles. The predicted octanol–water partition coefficient (Wildman–Crippen LogP) is 1.17. The minimum atomic E-state index is -0.0323. The van der Waals surface area contributed by atoms with Crippen molar-refractivity contribution in [3.63, 3.8) is 0 Å². The van der Waals surface area contributed by atoms with Gasteiger partial charge < -0.3 is 15.0 Å². The Morgan fingerprint density at radius 1 is 1.47 bits per heavy atom. The third-order valence-corrected chi connectivity index (χ3v) is 3.99. The Balaban J connectivity index is 1.75. The van der Waals surface area contributed by atoms with Crippen LogP contribution in [0.5, 0.6) is 0 Å². The normalized spacial score (nSPS) is 27.4. The summed E-state index contributed by atoms with van der Waals surface area (Å²) < 4.78 is 6.00. The van der Waals surface area contributed by atoms with Gasteiger partial charge in [-0.3, -0.25) is 0 Å². The van der Waals surface area contributed by atoms with Gasteiger partial charge in [0.1, 0.15) is 0 Å². The van der Waals surface area contributed by atoms with Crippen LogP contribution in [0.3, 0.4) is 0 Å². The van der Waals surface area contributed by atoms with Gasteiger partial charge in [0.05, 0.1) is 18.8 Å². The van der Waals surface area contributed by atoms with Gasteiger partial charge in [-0.25, -0.2) is 9.97 Å². The molecule has 19 heavy (non-hydrogen) atoms. The highest BCUT2D eigenvalue weighted by Crippen LogP contribution is 2.29. The number of hydrogen-bond acceptors (Lipinski definition) is 5. The van der Waals surface area contributed by atoms with Crippen molar-refractivity contribution < 1.29 is 4.74 Å². The molecule has 0 bridgehead atoms. The lowest BCUT2D eigenvalue weighted by Crippen LogP contribution is -2.51. The third kappa shape index (κ3) is 2.58. The van der Waals surface area contributed by atoms with E-state index in [2.05, 4.69) is 34.0 Å². The monoisotopic (exact) mass is 262 g/mol. The number of hydrogen-bond donors (Lipinski definition) is 1. The second kappa shape index (κ2) is 5.06. The van der Waals surface area contributed by atoms with E-state index in [4.69, 9.17) is 4.74 Å². The van der Waals surface area contributed by atoms with E-state index in [1.807, 2.05) is 12.3 Å². The molecule has 2 saturated heterocycles. The van der Waals surface area contributed by atoms with E-state index in [1.54, 1.807) is 0 Å². The molecule has 0 radical (unpaired) electrons. The average Bonchev–Trinajstić information content (AvgIpc) is 2.83. The maximum absolute atomic E-state index is 6.00. The van der Waals surface area contributed by atoms with Gasteiger partial charge in [0.2, 0.25) is 5.95 Å². The molecule has 3 rings (SSSR count). The molecule has 2 aliphatic rings. The van der Waals surface area contributed by atoms with Crippen molar-refractivity contribution in [2.24, 2.45) is 0 Å². The number of rotatable bonds is 2. The summed E-state index contributed by atoms with van der Waals surface area (Å²) in [6.45, 7) is 8.89. The summed E-state index contributed by atoms with van der Waals surface area (Å²) in [6.07, 6.45) is 2.91. The van der Waals surface area contributed by atoms with E-state index in [-0.39, 0.29) is 5.60 Å². The van der Waals surface area contributed by atoms with Crippen molar-refractivity contribution in [1.82, 2.24) is 15.3 Å². The fraction of sp³-hybridized carbons (Fsp3) is 0.714. The first-order valence-corrected chi connectivity index (χ1v) is 7.11. The number of nitrogens with zero attached hydrogens (tertiary/aromatic N) is 3. The van der Waals surface area contributed by atoms with Crippen molar-refractivity contribution in [3.8, 4) is 0 Å². The van der Waals surface area contributed by atoms with Crippen LogP contribution in [0.4, 0.5) is 5.95 Å². The summed E-state index contributed by atoms with van der Waals surface area (Å²) in [5.41, 5.74) is 1.07. The molecule has 2 aliphatic heterocycles. The van der Waals surface area contributed by atoms with Gasteiger partial charge in [0.25, 0.3) is 0 Å². The molecule has 2 fully saturated rings. The SMILES string of the molecule is CC(C)c1ccnc(N2CCC3(CNCCO3)C2)n1. The number of ether oxygens (including phenoxy) is 1. The smallest absolute Gasteiger partial charge is 0.225 e. The fourth-order valence-electron chi connectivity index (χ4n) is 2.82.